The maximum Gasteiger partial charge on any atom is 0.311 e. The smallest absolute Gasteiger partial charge is 0.311 e. The molecule has 92 valence electrons. The Labute approximate surface area is 101 Å². The van der Waals surface area contributed by atoms with E-state index >= 15 is 0 Å². The molecule has 1 aromatic rings. The lowest BCUT2D eigenvalue weighted by Gasteiger charge is -2.14. The highest BCUT2D eigenvalue weighted by Gasteiger charge is 2.23. The van der Waals surface area contributed by atoms with E-state index in [1.807, 2.05) is 19.9 Å². The number of aliphatic carboxylic acids is 1. The number of carbonyl (C=O) groups is 2. The molecule has 4 heteroatoms. The third-order valence-electron chi connectivity index (χ3n) is 2.34. The molecule has 0 aliphatic heterocycles. The third kappa shape index (κ3) is 4.26. The molecule has 2 N–H and O–H groups in total. The Bertz CT molecular complexity index is 387. The second-order valence-electron chi connectivity index (χ2n) is 4.23. The second kappa shape index (κ2) is 6.03. The van der Waals surface area contributed by atoms with Crippen molar-refractivity contribution >= 4 is 11.9 Å². The van der Waals surface area contributed by atoms with Crippen molar-refractivity contribution < 1.29 is 14.7 Å². The molecule has 1 rings (SSSR count). The molecule has 17 heavy (non-hydrogen) atoms. The predicted molar refractivity (Wildman–Crippen MR) is 64.7 cm³/mol. The Hall–Kier alpha value is -1.84. The van der Waals surface area contributed by atoms with Crippen molar-refractivity contribution in [3.63, 3.8) is 0 Å². The average Bonchev–Trinajstić information content (AvgIpc) is 2.25. The summed E-state index contributed by atoms with van der Waals surface area (Å²) in [5.74, 6) is -2.00. The molecule has 0 heterocycles. The number of hydrogen-bond donors (Lipinski definition) is 2. The van der Waals surface area contributed by atoms with Gasteiger partial charge < -0.3 is 10.4 Å². The zero-order valence-electron chi connectivity index (χ0n) is 10.0. The normalized spacial score (nSPS) is 12.2. The number of benzene rings is 1. The molecule has 0 spiro atoms. The Balaban J connectivity index is 2.75. The summed E-state index contributed by atoms with van der Waals surface area (Å²) in [5.41, 5.74) is 0.652. The van der Waals surface area contributed by atoms with E-state index in [0.717, 1.165) is 0 Å². The number of carboxylic acids is 1. The van der Waals surface area contributed by atoms with Gasteiger partial charge in [0.2, 0.25) is 5.91 Å². The molecular weight excluding hydrogens is 218 g/mol. The van der Waals surface area contributed by atoms with Crippen LogP contribution in [0.3, 0.4) is 0 Å². The van der Waals surface area contributed by atoms with Gasteiger partial charge in [0.1, 0.15) is 0 Å². The summed E-state index contributed by atoms with van der Waals surface area (Å²) >= 11 is 0. The molecule has 0 aromatic heterocycles. The lowest BCUT2D eigenvalue weighted by Crippen LogP contribution is -2.32. The minimum absolute atomic E-state index is 0.0210. The minimum atomic E-state index is -0.977. The van der Waals surface area contributed by atoms with E-state index in [0.29, 0.717) is 5.56 Å². The van der Waals surface area contributed by atoms with Crippen molar-refractivity contribution in [2.45, 2.75) is 32.2 Å². The third-order valence-corrected chi connectivity index (χ3v) is 2.34. The molecule has 0 saturated carbocycles. The van der Waals surface area contributed by atoms with Gasteiger partial charge in [-0.1, -0.05) is 30.3 Å². The van der Waals surface area contributed by atoms with Crippen LogP contribution in [0.2, 0.25) is 0 Å². The summed E-state index contributed by atoms with van der Waals surface area (Å²) in [6, 6.07) is 8.82. The summed E-state index contributed by atoms with van der Waals surface area (Å²) in [6.07, 6.45) is -0.0302. The number of nitrogens with one attached hydrogen (secondary N) is 1. The molecule has 1 aromatic carbocycles. The predicted octanol–water partition coefficient (Wildman–Crippen LogP) is 1.77. The highest BCUT2D eigenvalue weighted by molar-refractivity contribution is 5.85. The Morgan fingerprint density at radius 1 is 1.24 bits per heavy atom. The Morgan fingerprint density at radius 3 is 2.29 bits per heavy atom. The van der Waals surface area contributed by atoms with Crippen molar-refractivity contribution in [2.24, 2.45) is 0 Å². The van der Waals surface area contributed by atoms with Crippen LogP contribution in [0, 0.1) is 0 Å². The first-order valence-electron chi connectivity index (χ1n) is 5.58. The van der Waals surface area contributed by atoms with Crippen LogP contribution in [0.5, 0.6) is 0 Å². The van der Waals surface area contributed by atoms with Crippen molar-refractivity contribution in [1.82, 2.24) is 5.32 Å². The van der Waals surface area contributed by atoms with Crippen molar-refractivity contribution in [3.05, 3.63) is 35.9 Å². The fourth-order valence-corrected chi connectivity index (χ4v) is 1.60. The molecule has 4 nitrogen and oxygen atoms in total. The zero-order valence-corrected chi connectivity index (χ0v) is 10.0. The second-order valence-corrected chi connectivity index (χ2v) is 4.23. The maximum atomic E-state index is 11.6. The maximum absolute atomic E-state index is 11.6. The van der Waals surface area contributed by atoms with Gasteiger partial charge in [0.25, 0.3) is 0 Å². The van der Waals surface area contributed by atoms with Crippen molar-refractivity contribution in [1.29, 1.82) is 0 Å². The molecule has 1 amide bonds. The summed E-state index contributed by atoms with van der Waals surface area (Å²) in [4.78, 5) is 22.7. The highest BCUT2D eigenvalue weighted by atomic mass is 16.4. The van der Waals surface area contributed by atoms with E-state index in [2.05, 4.69) is 5.32 Å². The van der Waals surface area contributed by atoms with Crippen LogP contribution in [-0.4, -0.2) is 23.0 Å². The van der Waals surface area contributed by atoms with Crippen molar-refractivity contribution in [3.8, 4) is 0 Å². The SMILES string of the molecule is CC(C)NC(=O)CC(C(=O)O)c1ccccc1. The van der Waals surface area contributed by atoms with Gasteiger partial charge in [0.05, 0.1) is 5.92 Å². The van der Waals surface area contributed by atoms with Crippen LogP contribution in [0.4, 0.5) is 0 Å². The van der Waals surface area contributed by atoms with Crippen molar-refractivity contribution in [2.75, 3.05) is 0 Å². The van der Waals surface area contributed by atoms with Gasteiger partial charge in [-0.25, -0.2) is 0 Å². The van der Waals surface area contributed by atoms with Crippen LogP contribution in [-0.2, 0) is 9.59 Å². The van der Waals surface area contributed by atoms with Crippen LogP contribution in [0.25, 0.3) is 0 Å². The average molecular weight is 235 g/mol. The van der Waals surface area contributed by atoms with E-state index in [-0.39, 0.29) is 18.4 Å². The molecule has 0 aliphatic carbocycles. The summed E-state index contributed by atoms with van der Waals surface area (Å²) < 4.78 is 0. The van der Waals surface area contributed by atoms with Crippen LogP contribution in [0.15, 0.2) is 30.3 Å². The standard InChI is InChI=1S/C13H17NO3/c1-9(2)14-12(15)8-11(13(16)17)10-6-4-3-5-7-10/h3-7,9,11H,8H2,1-2H3,(H,14,15)(H,16,17). The van der Waals surface area contributed by atoms with E-state index in [1.165, 1.54) is 0 Å². The fourth-order valence-electron chi connectivity index (χ4n) is 1.60. The Kier molecular flexibility index (Phi) is 4.69. The number of hydrogen-bond acceptors (Lipinski definition) is 2. The monoisotopic (exact) mass is 235 g/mol. The van der Waals surface area contributed by atoms with Crippen LogP contribution < -0.4 is 5.32 Å². The molecule has 0 fully saturated rings. The van der Waals surface area contributed by atoms with Gasteiger partial charge in [-0.3, -0.25) is 9.59 Å². The lowest BCUT2D eigenvalue weighted by molar-refractivity contribution is -0.140. The molecular formula is C13H17NO3. The number of rotatable bonds is 5. The fraction of sp³-hybridized carbons (Fsp3) is 0.385. The first kappa shape index (κ1) is 13.2. The lowest BCUT2D eigenvalue weighted by atomic mass is 9.95. The topological polar surface area (TPSA) is 66.4 Å². The number of carbonyl (C=O) groups excluding carboxylic acids is 1. The molecule has 1 unspecified atom stereocenters. The van der Waals surface area contributed by atoms with Gasteiger partial charge in [-0.2, -0.15) is 0 Å². The first-order chi connectivity index (χ1) is 8.00. The van der Waals surface area contributed by atoms with Gasteiger partial charge in [-0.05, 0) is 19.4 Å². The quantitative estimate of drug-likeness (QED) is 0.817. The van der Waals surface area contributed by atoms with E-state index in [1.54, 1.807) is 24.3 Å². The van der Waals surface area contributed by atoms with E-state index in [9.17, 15) is 9.59 Å². The van der Waals surface area contributed by atoms with Gasteiger partial charge in [-0.15, -0.1) is 0 Å². The van der Waals surface area contributed by atoms with Gasteiger partial charge >= 0.3 is 5.97 Å². The highest BCUT2D eigenvalue weighted by Crippen LogP contribution is 2.19. The van der Waals surface area contributed by atoms with Crippen LogP contribution in [0.1, 0.15) is 31.7 Å². The summed E-state index contributed by atoms with van der Waals surface area (Å²) in [6.45, 7) is 3.69. The molecule has 0 aliphatic rings. The summed E-state index contributed by atoms with van der Waals surface area (Å²) in [5, 5.41) is 11.8. The first-order valence-corrected chi connectivity index (χ1v) is 5.58. The van der Waals surface area contributed by atoms with Crippen LogP contribution >= 0.6 is 0 Å². The molecule has 1 atom stereocenters. The Morgan fingerprint density at radius 2 is 1.82 bits per heavy atom. The van der Waals surface area contributed by atoms with Gasteiger partial charge in [0, 0.05) is 12.5 Å². The molecule has 0 radical (unpaired) electrons. The van der Waals surface area contributed by atoms with E-state index < -0.39 is 11.9 Å². The minimum Gasteiger partial charge on any atom is -0.481 e. The number of amides is 1. The molecule has 0 saturated heterocycles. The molecule has 0 bridgehead atoms. The van der Waals surface area contributed by atoms with E-state index in [4.69, 9.17) is 5.11 Å². The zero-order chi connectivity index (χ0) is 12.8. The summed E-state index contributed by atoms with van der Waals surface area (Å²) in [7, 11) is 0. The number of carboxylic acid groups (broad SMARTS) is 1. The van der Waals surface area contributed by atoms with Gasteiger partial charge in [0.15, 0.2) is 0 Å². The largest absolute Gasteiger partial charge is 0.481 e.